The second-order valence-electron chi connectivity index (χ2n) is 6.25. The Kier molecular flexibility index (Phi) is 5.26. The quantitative estimate of drug-likeness (QED) is 0.861. The summed E-state index contributed by atoms with van der Waals surface area (Å²) >= 11 is 0.927. The van der Waals surface area contributed by atoms with Crippen molar-refractivity contribution < 1.29 is 14.4 Å². The van der Waals surface area contributed by atoms with Crippen LogP contribution >= 0.6 is 11.8 Å². The number of benzene rings is 1. The molecular formula is C17H20N2O3S. The van der Waals surface area contributed by atoms with Crippen molar-refractivity contribution >= 4 is 34.9 Å². The fourth-order valence-corrected chi connectivity index (χ4v) is 2.80. The molecule has 0 spiro atoms. The number of hydrogen-bond acceptors (Lipinski definition) is 4. The van der Waals surface area contributed by atoms with E-state index < -0.39 is 5.41 Å². The lowest BCUT2D eigenvalue weighted by Gasteiger charge is -2.19. The first-order chi connectivity index (χ1) is 10.8. The fourth-order valence-electron chi connectivity index (χ4n) is 1.94. The standard InChI is InChI=1S/C17H20N2O3S/c1-17(2,3)15(21)18-9-10-19-14(20)13(23-16(19)22)11-12-7-5-4-6-8-12/h4-8,11H,9-10H2,1-3H3,(H,18,21)/b13-11+. The van der Waals surface area contributed by atoms with E-state index in [0.29, 0.717) is 4.91 Å². The summed E-state index contributed by atoms with van der Waals surface area (Å²) in [7, 11) is 0. The van der Waals surface area contributed by atoms with Gasteiger partial charge in [0.15, 0.2) is 0 Å². The molecule has 1 aromatic rings. The lowest BCUT2D eigenvalue weighted by atomic mass is 9.96. The number of nitrogens with zero attached hydrogens (tertiary/aromatic N) is 1. The van der Waals surface area contributed by atoms with Crippen LogP contribution in [-0.4, -0.2) is 35.0 Å². The highest BCUT2D eigenvalue weighted by Gasteiger charge is 2.34. The number of imide groups is 1. The number of rotatable bonds is 4. The molecule has 1 N–H and O–H groups in total. The zero-order valence-electron chi connectivity index (χ0n) is 13.5. The number of carbonyl (C=O) groups is 3. The van der Waals surface area contributed by atoms with E-state index in [0.717, 1.165) is 17.3 Å². The maximum atomic E-state index is 12.3. The van der Waals surface area contributed by atoms with Crippen molar-refractivity contribution in [2.24, 2.45) is 5.41 Å². The molecule has 0 bridgehead atoms. The van der Waals surface area contributed by atoms with E-state index in [4.69, 9.17) is 0 Å². The monoisotopic (exact) mass is 332 g/mol. The van der Waals surface area contributed by atoms with Crippen LogP contribution < -0.4 is 5.32 Å². The zero-order valence-corrected chi connectivity index (χ0v) is 14.3. The van der Waals surface area contributed by atoms with Gasteiger partial charge in [-0.25, -0.2) is 0 Å². The van der Waals surface area contributed by atoms with Crippen LogP contribution in [0.2, 0.25) is 0 Å². The third-order valence-electron chi connectivity index (χ3n) is 3.27. The molecule has 5 nitrogen and oxygen atoms in total. The van der Waals surface area contributed by atoms with Crippen molar-refractivity contribution in [2.45, 2.75) is 20.8 Å². The molecule has 1 saturated heterocycles. The van der Waals surface area contributed by atoms with Gasteiger partial charge in [-0.05, 0) is 23.4 Å². The molecule has 23 heavy (non-hydrogen) atoms. The van der Waals surface area contributed by atoms with Gasteiger partial charge < -0.3 is 5.32 Å². The minimum absolute atomic E-state index is 0.107. The van der Waals surface area contributed by atoms with E-state index in [1.807, 2.05) is 51.1 Å². The highest BCUT2D eigenvalue weighted by atomic mass is 32.2. The first-order valence-electron chi connectivity index (χ1n) is 7.38. The smallest absolute Gasteiger partial charge is 0.293 e. The van der Waals surface area contributed by atoms with Crippen LogP contribution in [0.5, 0.6) is 0 Å². The number of hydrogen-bond donors (Lipinski definition) is 1. The summed E-state index contributed by atoms with van der Waals surface area (Å²) in [5.74, 6) is -0.418. The van der Waals surface area contributed by atoms with Gasteiger partial charge in [0, 0.05) is 18.5 Å². The van der Waals surface area contributed by atoms with E-state index in [1.165, 1.54) is 4.90 Å². The van der Waals surface area contributed by atoms with Gasteiger partial charge >= 0.3 is 0 Å². The summed E-state index contributed by atoms with van der Waals surface area (Å²) in [6, 6.07) is 9.38. The number of carbonyl (C=O) groups excluding carboxylic acids is 3. The minimum atomic E-state index is -0.494. The molecule has 1 aromatic carbocycles. The second-order valence-corrected chi connectivity index (χ2v) is 7.24. The maximum Gasteiger partial charge on any atom is 0.293 e. The average Bonchev–Trinajstić information content (AvgIpc) is 2.74. The van der Waals surface area contributed by atoms with Gasteiger partial charge in [-0.15, -0.1) is 0 Å². The number of nitrogens with one attached hydrogen (secondary N) is 1. The van der Waals surface area contributed by atoms with Gasteiger partial charge in [0.2, 0.25) is 5.91 Å². The predicted molar refractivity (Wildman–Crippen MR) is 91.6 cm³/mol. The van der Waals surface area contributed by atoms with Gasteiger partial charge in [-0.3, -0.25) is 19.3 Å². The first-order valence-corrected chi connectivity index (χ1v) is 8.19. The van der Waals surface area contributed by atoms with Crippen molar-refractivity contribution in [3.8, 4) is 0 Å². The molecule has 0 unspecified atom stereocenters. The summed E-state index contributed by atoms with van der Waals surface area (Å²) in [6.45, 7) is 5.87. The Labute approximate surface area is 140 Å². The van der Waals surface area contributed by atoms with Gasteiger partial charge in [-0.1, -0.05) is 51.1 Å². The normalized spacial score (nSPS) is 17.0. The SMILES string of the molecule is CC(C)(C)C(=O)NCCN1C(=O)S/C(=C/c2ccccc2)C1=O. The maximum absolute atomic E-state index is 12.3. The summed E-state index contributed by atoms with van der Waals surface area (Å²) in [6.07, 6.45) is 1.71. The Bertz CT molecular complexity index is 648. The molecule has 122 valence electrons. The lowest BCUT2D eigenvalue weighted by molar-refractivity contribution is -0.129. The number of amides is 3. The Morgan fingerprint density at radius 2 is 1.87 bits per heavy atom. The van der Waals surface area contributed by atoms with E-state index in [2.05, 4.69) is 5.32 Å². The molecule has 6 heteroatoms. The van der Waals surface area contributed by atoms with Crippen LogP contribution in [-0.2, 0) is 9.59 Å². The van der Waals surface area contributed by atoms with Crippen LogP contribution in [0.25, 0.3) is 6.08 Å². The predicted octanol–water partition coefficient (Wildman–Crippen LogP) is 2.89. The van der Waals surface area contributed by atoms with Crippen LogP contribution in [0, 0.1) is 5.41 Å². The van der Waals surface area contributed by atoms with Gasteiger partial charge in [0.05, 0.1) is 4.91 Å². The Morgan fingerprint density at radius 1 is 1.22 bits per heavy atom. The van der Waals surface area contributed by atoms with Crippen LogP contribution in [0.15, 0.2) is 35.2 Å². The molecule has 0 aliphatic carbocycles. The molecule has 1 heterocycles. The molecular weight excluding hydrogens is 312 g/mol. The highest BCUT2D eigenvalue weighted by molar-refractivity contribution is 8.18. The molecule has 0 aromatic heterocycles. The van der Waals surface area contributed by atoms with Gasteiger partial charge in [0.1, 0.15) is 0 Å². The zero-order chi connectivity index (χ0) is 17.0. The first kappa shape index (κ1) is 17.3. The fraction of sp³-hybridized carbons (Fsp3) is 0.353. The number of thioether (sulfide) groups is 1. The largest absolute Gasteiger partial charge is 0.354 e. The summed E-state index contributed by atoms with van der Waals surface area (Å²) in [5.41, 5.74) is 0.380. The van der Waals surface area contributed by atoms with Crippen molar-refractivity contribution in [3.05, 3.63) is 40.8 Å². The van der Waals surface area contributed by atoms with Crippen molar-refractivity contribution in [1.82, 2.24) is 10.2 Å². The highest BCUT2D eigenvalue weighted by Crippen LogP contribution is 2.31. The van der Waals surface area contributed by atoms with E-state index in [-0.39, 0.29) is 30.1 Å². The average molecular weight is 332 g/mol. The summed E-state index contributed by atoms with van der Waals surface area (Å²) in [5, 5.41) is 2.44. The lowest BCUT2D eigenvalue weighted by Crippen LogP contribution is -2.41. The molecule has 0 radical (unpaired) electrons. The van der Waals surface area contributed by atoms with E-state index >= 15 is 0 Å². The second kappa shape index (κ2) is 7.00. The van der Waals surface area contributed by atoms with Crippen molar-refractivity contribution in [1.29, 1.82) is 0 Å². The minimum Gasteiger partial charge on any atom is -0.354 e. The molecule has 3 amide bonds. The molecule has 1 aliphatic heterocycles. The van der Waals surface area contributed by atoms with Crippen LogP contribution in [0.3, 0.4) is 0 Å². The Balaban J connectivity index is 1.97. The van der Waals surface area contributed by atoms with Crippen LogP contribution in [0.4, 0.5) is 4.79 Å². The third kappa shape index (κ3) is 4.45. The summed E-state index contributed by atoms with van der Waals surface area (Å²) < 4.78 is 0. The van der Waals surface area contributed by atoms with Crippen molar-refractivity contribution in [2.75, 3.05) is 13.1 Å². The van der Waals surface area contributed by atoms with E-state index in [1.54, 1.807) is 6.08 Å². The summed E-state index contributed by atoms with van der Waals surface area (Å²) in [4.78, 5) is 37.6. The molecule has 1 fully saturated rings. The van der Waals surface area contributed by atoms with Crippen molar-refractivity contribution in [3.63, 3.8) is 0 Å². The molecule has 0 atom stereocenters. The van der Waals surface area contributed by atoms with Crippen LogP contribution in [0.1, 0.15) is 26.3 Å². The molecule has 0 saturated carbocycles. The molecule has 1 aliphatic rings. The van der Waals surface area contributed by atoms with E-state index in [9.17, 15) is 14.4 Å². The Hall–Kier alpha value is -2.08. The van der Waals surface area contributed by atoms with Gasteiger partial charge in [-0.2, -0.15) is 0 Å². The Morgan fingerprint density at radius 3 is 2.48 bits per heavy atom. The van der Waals surface area contributed by atoms with Gasteiger partial charge in [0.25, 0.3) is 11.1 Å². The molecule has 2 rings (SSSR count). The topological polar surface area (TPSA) is 66.5 Å². The third-order valence-corrected chi connectivity index (χ3v) is 4.18.